The van der Waals surface area contributed by atoms with Gasteiger partial charge in [-0.2, -0.15) is 0 Å². The third kappa shape index (κ3) is 4.31. The molecule has 2 aliphatic rings. The molecule has 0 aromatic heterocycles. The molecule has 0 spiro atoms. The minimum atomic E-state index is -0.169. The number of Topliss-reactive ketones (excluding diaryl/α,β-unsaturated/α-hetero) is 1. The second kappa shape index (κ2) is 8.31. The Morgan fingerprint density at radius 1 is 1.07 bits per heavy atom. The molecule has 0 bridgehead atoms. The van der Waals surface area contributed by atoms with E-state index in [1.165, 1.54) is 6.92 Å². The summed E-state index contributed by atoms with van der Waals surface area (Å²) in [7, 11) is 0. The Morgan fingerprint density at radius 2 is 1.76 bits per heavy atom. The zero-order chi connectivity index (χ0) is 20.4. The summed E-state index contributed by atoms with van der Waals surface area (Å²) < 4.78 is 10.7. The lowest BCUT2D eigenvalue weighted by Gasteiger charge is -2.36. The number of para-hydroxylation sites is 1. The quantitative estimate of drug-likeness (QED) is 0.757. The van der Waals surface area contributed by atoms with E-state index in [0.717, 1.165) is 36.9 Å². The van der Waals surface area contributed by atoms with Crippen LogP contribution in [0.4, 0.5) is 11.4 Å². The number of rotatable bonds is 5. The van der Waals surface area contributed by atoms with Crippen LogP contribution in [0.2, 0.25) is 5.02 Å². The van der Waals surface area contributed by atoms with E-state index in [0.29, 0.717) is 22.7 Å². The summed E-state index contributed by atoms with van der Waals surface area (Å²) in [4.78, 5) is 28.9. The average molecular weight is 416 g/mol. The van der Waals surface area contributed by atoms with Gasteiger partial charge in [-0.15, -0.1) is 0 Å². The van der Waals surface area contributed by atoms with Crippen LogP contribution in [-0.4, -0.2) is 56.1 Å². The van der Waals surface area contributed by atoms with Crippen LogP contribution in [0.15, 0.2) is 36.4 Å². The normalized spacial score (nSPS) is 16.0. The Bertz CT molecular complexity index is 942. The fourth-order valence-corrected chi connectivity index (χ4v) is 3.84. The van der Waals surface area contributed by atoms with E-state index in [9.17, 15) is 9.59 Å². The van der Waals surface area contributed by atoms with Crippen LogP contribution >= 0.6 is 11.6 Å². The summed E-state index contributed by atoms with van der Waals surface area (Å²) in [5.74, 6) is 0.729. The molecule has 1 saturated heterocycles. The molecular formula is C21H22ClN3O4. The number of ketones is 1. The molecule has 0 atom stereocenters. The Morgan fingerprint density at radius 3 is 2.45 bits per heavy atom. The largest absolute Gasteiger partial charge is 0.454 e. The molecular weight excluding hydrogens is 394 g/mol. The highest BCUT2D eigenvalue weighted by Crippen LogP contribution is 2.37. The topological polar surface area (TPSA) is 71.1 Å². The number of benzene rings is 2. The minimum Gasteiger partial charge on any atom is -0.454 e. The number of carbonyl (C=O) groups excluding carboxylic acids is 2. The van der Waals surface area contributed by atoms with Crippen LogP contribution in [0.25, 0.3) is 0 Å². The van der Waals surface area contributed by atoms with Crippen LogP contribution in [0.5, 0.6) is 11.5 Å². The van der Waals surface area contributed by atoms with E-state index >= 15 is 0 Å². The number of fused-ring (bicyclic) bond motifs is 1. The van der Waals surface area contributed by atoms with Gasteiger partial charge in [0.1, 0.15) is 0 Å². The van der Waals surface area contributed by atoms with Gasteiger partial charge in [-0.25, -0.2) is 0 Å². The van der Waals surface area contributed by atoms with Gasteiger partial charge in [0.25, 0.3) is 0 Å². The van der Waals surface area contributed by atoms with Gasteiger partial charge in [0, 0.05) is 37.8 Å². The maximum absolute atomic E-state index is 12.6. The highest BCUT2D eigenvalue weighted by Gasteiger charge is 2.23. The summed E-state index contributed by atoms with van der Waals surface area (Å²) in [5.41, 5.74) is 1.87. The Labute approximate surface area is 174 Å². The van der Waals surface area contributed by atoms with Gasteiger partial charge < -0.3 is 19.7 Å². The first kappa shape index (κ1) is 19.5. The number of halogens is 1. The number of nitrogens with zero attached hydrogens (tertiary/aromatic N) is 2. The smallest absolute Gasteiger partial charge is 0.238 e. The summed E-state index contributed by atoms with van der Waals surface area (Å²) in [6.07, 6.45) is 0. The maximum atomic E-state index is 12.6. The van der Waals surface area contributed by atoms with Crippen molar-refractivity contribution in [3.05, 3.63) is 47.0 Å². The van der Waals surface area contributed by atoms with Crippen LogP contribution in [-0.2, 0) is 4.79 Å². The molecule has 0 radical (unpaired) electrons. The number of anilines is 2. The zero-order valence-corrected chi connectivity index (χ0v) is 16.9. The SMILES string of the molecule is CC(=O)c1cc2c(cc1NC(=O)CN1CCN(c3ccccc3Cl)CC1)OCO2. The van der Waals surface area contributed by atoms with Crippen LogP contribution in [0.1, 0.15) is 17.3 Å². The molecule has 1 fully saturated rings. The number of hydrogen-bond donors (Lipinski definition) is 1. The predicted octanol–water partition coefficient (Wildman–Crippen LogP) is 3.03. The molecule has 4 rings (SSSR count). The van der Waals surface area contributed by atoms with Crippen molar-refractivity contribution in [2.75, 3.05) is 49.7 Å². The monoisotopic (exact) mass is 415 g/mol. The molecule has 0 saturated carbocycles. The van der Waals surface area contributed by atoms with E-state index in [4.69, 9.17) is 21.1 Å². The molecule has 2 aromatic rings. The van der Waals surface area contributed by atoms with Gasteiger partial charge in [0.2, 0.25) is 12.7 Å². The maximum Gasteiger partial charge on any atom is 0.238 e. The summed E-state index contributed by atoms with van der Waals surface area (Å²) in [6, 6.07) is 11.0. The fourth-order valence-electron chi connectivity index (χ4n) is 3.58. The third-order valence-electron chi connectivity index (χ3n) is 5.10. The third-order valence-corrected chi connectivity index (χ3v) is 5.42. The Kier molecular flexibility index (Phi) is 5.60. The number of ether oxygens (including phenoxy) is 2. The van der Waals surface area contributed by atoms with Gasteiger partial charge >= 0.3 is 0 Å². The van der Waals surface area contributed by atoms with Crippen LogP contribution < -0.4 is 19.7 Å². The molecule has 2 aromatic carbocycles. The second-order valence-corrected chi connectivity index (χ2v) is 7.48. The van der Waals surface area contributed by atoms with Crippen molar-refractivity contribution < 1.29 is 19.1 Å². The van der Waals surface area contributed by atoms with Crippen molar-refractivity contribution in [3.63, 3.8) is 0 Å². The minimum absolute atomic E-state index is 0.111. The van der Waals surface area contributed by atoms with Gasteiger partial charge in [-0.1, -0.05) is 23.7 Å². The van der Waals surface area contributed by atoms with Crippen molar-refractivity contribution in [3.8, 4) is 11.5 Å². The lowest BCUT2D eigenvalue weighted by atomic mass is 10.1. The molecule has 1 N–H and O–H groups in total. The van der Waals surface area contributed by atoms with E-state index in [1.54, 1.807) is 12.1 Å². The van der Waals surface area contributed by atoms with Crippen molar-refractivity contribution in [2.45, 2.75) is 6.92 Å². The van der Waals surface area contributed by atoms with Crippen molar-refractivity contribution in [2.24, 2.45) is 0 Å². The molecule has 29 heavy (non-hydrogen) atoms. The Balaban J connectivity index is 1.36. The predicted molar refractivity (Wildman–Crippen MR) is 111 cm³/mol. The van der Waals surface area contributed by atoms with Crippen molar-refractivity contribution in [1.29, 1.82) is 0 Å². The summed E-state index contributed by atoms with van der Waals surface area (Å²) in [5, 5.41) is 3.58. The number of nitrogens with one attached hydrogen (secondary N) is 1. The van der Waals surface area contributed by atoms with Gasteiger partial charge in [0.05, 0.1) is 22.9 Å². The second-order valence-electron chi connectivity index (χ2n) is 7.07. The number of amides is 1. The molecule has 7 nitrogen and oxygen atoms in total. The highest BCUT2D eigenvalue weighted by molar-refractivity contribution is 6.33. The molecule has 2 aliphatic heterocycles. The number of piperazine rings is 1. The standard InChI is InChI=1S/C21H22ClN3O4/c1-14(26)15-10-19-20(29-13-28-19)11-17(15)23-21(27)12-24-6-8-25(9-7-24)18-5-3-2-4-16(18)22/h2-5,10-11H,6-9,12-13H2,1H3,(H,23,27). The average Bonchev–Trinajstić information content (AvgIpc) is 3.16. The van der Waals surface area contributed by atoms with Crippen LogP contribution in [0, 0.1) is 0 Å². The first-order valence-electron chi connectivity index (χ1n) is 9.47. The summed E-state index contributed by atoms with van der Waals surface area (Å²) in [6.45, 7) is 4.90. The Hall–Kier alpha value is -2.77. The van der Waals surface area contributed by atoms with Gasteiger partial charge in [-0.05, 0) is 25.1 Å². The lowest BCUT2D eigenvalue weighted by molar-refractivity contribution is -0.117. The van der Waals surface area contributed by atoms with E-state index < -0.39 is 0 Å². The van der Waals surface area contributed by atoms with E-state index in [-0.39, 0.29) is 25.0 Å². The molecule has 0 aliphatic carbocycles. The van der Waals surface area contributed by atoms with E-state index in [2.05, 4.69) is 15.1 Å². The first-order valence-corrected chi connectivity index (χ1v) is 9.85. The van der Waals surface area contributed by atoms with Crippen molar-refractivity contribution in [1.82, 2.24) is 4.90 Å². The number of carbonyl (C=O) groups is 2. The molecule has 8 heteroatoms. The lowest BCUT2D eigenvalue weighted by Crippen LogP contribution is -2.48. The van der Waals surface area contributed by atoms with Crippen molar-refractivity contribution >= 4 is 34.7 Å². The van der Waals surface area contributed by atoms with Crippen LogP contribution in [0.3, 0.4) is 0 Å². The molecule has 0 unspecified atom stereocenters. The van der Waals surface area contributed by atoms with Gasteiger partial charge in [0.15, 0.2) is 17.3 Å². The fraction of sp³-hybridized carbons (Fsp3) is 0.333. The zero-order valence-electron chi connectivity index (χ0n) is 16.1. The highest BCUT2D eigenvalue weighted by atomic mass is 35.5. The molecule has 1 amide bonds. The summed E-state index contributed by atoms with van der Waals surface area (Å²) >= 11 is 6.28. The number of hydrogen-bond acceptors (Lipinski definition) is 6. The first-order chi connectivity index (χ1) is 14.0. The van der Waals surface area contributed by atoms with E-state index in [1.807, 2.05) is 24.3 Å². The van der Waals surface area contributed by atoms with Gasteiger partial charge in [-0.3, -0.25) is 14.5 Å². The molecule has 2 heterocycles. The molecule has 152 valence electrons.